The first-order valence-electron chi connectivity index (χ1n) is 5.49. The van der Waals surface area contributed by atoms with Crippen molar-refractivity contribution in [3.63, 3.8) is 0 Å². The lowest BCUT2D eigenvalue weighted by Gasteiger charge is -2.07. The highest BCUT2D eigenvalue weighted by Gasteiger charge is 2.06. The molecule has 0 aliphatic heterocycles. The standard InChI is InChI=1S/C11H14N6S/c1-17-7-8(6-16-17)2-3-14-11-9(10(12)18)13-4-5-15-11/h4-7H,2-3H2,1H3,(H2,12,18)(H,14,15). The third-order valence-electron chi connectivity index (χ3n) is 2.40. The molecule has 6 nitrogen and oxygen atoms in total. The van der Waals surface area contributed by atoms with Crippen LogP contribution in [0.5, 0.6) is 0 Å². The van der Waals surface area contributed by atoms with Crippen molar-refractivity contribution in [2.24, 2.45) is 12.8 Å². The quantitative estimate of drug-likeness (QED) is 0.764. The Hall–Kier alpha value is -2.02. The fraction of sp³-hybridized carbons (Fsp3) is 0.273. The van der Waals surface area contributed by atoms with Crippen molar-refractivity contribution >= 4 is 23.0 Å². The third kappa shape index (κ3) is 3.01. The van der Waals surface area contributed by atoms with Gasteiger partial charge in [-0.1, -0.05) is 12.2 Å². The molecule has 0 aliphatic carbocycles. The number of aryl methyl sites for hydroxylation is 1. The topological polar surface area (TPSA) is 81.7 Å². The highest BCUT2D eigenvalue weighted by molar-refractivity contribution is 7.80. The van der Waals surface area contributed by atoms with Crippen LogP contribution < -0.4 is 11.1 Å². The fourth-order valence-corrected chi connectivity index (χ4v) is 1.72. The molecule has 3 N–H and O–H groups in total. The summed E-state index contributed by atoms with van der Waals surface area (Å²) in [5, 5.41) is 7.28. The summed E-state index contributed by atoms with van der Waals surface area (Å²) < 4.78 is 1.78. The largest absolute Gasteiger partial charge is 0.388 e. The van der Waals surface area contributed by atoms with Crippen molar-refractivity contribution in [1.29, 1.82) is 0 Å². The Labute approximate surface area is 110 Å². The zero-order chi connectivity index (χ0) is 13.0. The maximum atomic E-state index is 5.58. The van der Waals surface area contributed by atoms with Crippen LogP contribution in [-0.4, -0.2) is 31.3 Å². The van der Waals surface area contributed by atoms with Crippen LogP contribution >= 0.6 is 12.2 Å². The van der Waals surface area contributed by atoms with E-state index in [0.717, 1.165) is 18.5 Å². The lowest BCUT2D eigenvalue weighted by atomic mass is 10.2. The van der Waals surface area contributed by atoms with Crippen LogP contribution in [0.2, 0.25) is 0 Å². The number of hydrogen-bond acceptors (Lipinski definition) is 5. The van der Waals surface area contributed by atoms with E-state index < -0.39 is 0 Å². The molecule has 0 aromatic carbocycles. The van der Waals surface area contributed by atoms with Crippen molar-refractivity contribution < 1.29 is 0 Å². The van der Waals surface area contributed by atoms with Crippen molar-refractivity contribution in [3.8, 4) is 0 Å². The molecule has 7 heteroatoms. The smallest absolute Gasteiger partial charge is 0.155 e. The molecule has 0 aliphatic rings. The second-order valence-corrected chi connectivity index (χ2v) is 4.26. The Bertz CT molecular complexity index is 550. The molecule has 0 unspecified atom stereocenters. The van der Waals surface area contributed by atoms with Crippen LogP contribution in [-0.2, 0) is 13.5 Å². The summed E-state index contributed by atoms with van der Waals surface area (Å²) in [6.45, 7) is 0.722. The molecular weight excluding hydrogens is 248 g/mol. The Balaban J connectivity index is 1.96. The van der Waals surface area contributed by atoms with Crippen LogP contribution in [0.15, 0.2) is 24.8 Å². The van der Waals surface area contributed by atoms with Crippen LogP contribution in [0.4, 0.5) is 5.82 Å². The van der Waals surface area contributed by atoms with Gasteiger partial charge in [0.15, 0.2) is 5.82 Å². The first-order valence-corrected chi connectivity index (χ1v) is 5.90. The molecule has 2 rings (SSSR count). The SMILES string of the molecule is Cn1cc(CCNc2nccnc2C(N)=S)cn1. The second-order valence-electron chi connectivity index (χ2n) is 3.82. The summed E-state index contributed by atoms with van der Waals surface area (Å²) in [6.07, 6.45) is 7.84. The van der Waals surface area contributed by atoms with Crippen LogP contribution in [0, 0.1) is 0 Å². The van der Waals surface area contributed by atoms with E-state index in [1.807, 2.05) is 19.4 Å². The molecule has 0 bridgehead atoms. The van der Waals surface area contributed by atoms with Gasteiger partial charge >= 0.3 is 0 Å². The number of nitrogens with one attached hydrogen (secondary N) is 1. The van der Waals surface area contributed by atoms with Crippen molar-refractivity contribution in [2.75, 3.05) is 11.9 Å². The molecule has 2 aromatic rings. The maximum absolute atomic E-state index is 5.58. The first kappa shape index (κ1) is 12.4. The van der Waals surface area contributed by atoms with Gasteiger partial charge in [0, 0.05) is 32.2 Å². The number of anilines is 1. The third-order valence-corrected chi connectivity index (χ3v) is 2.59. The molecular formula is C11H14N6S. The van der Waals surface area contributed by atoms with Gasteiger partial charge in [-0.05, 0) is 12.0 Å². The van der Waals surface area contributed by atoms with Gasteiger partial charge in [0.1, 0.15) is 10.7 Å². The van der Waals surface area contributed by atoms with Crippen molar-refractivity contribution in [3.05, 3.63) is 36.0 Å². The zero-order valence-corrected chi connectivity index (χ0v) is 10.8. The molecule has 0 fully saturated rings. The number of thiocarbonyl (C=S) groups is 1. The molecule has 2 aromatic heterocycles. The second kappa shape index (κ2) is 5.54. The summed E-state index contributed by atoms with van der Waals surface area (Å²) in [5.74, 6) is 0.619. The van der Waals surface area contributed by atoms with Gasteiger partial charge in [-0.3, -0.25) is 4.68 Å². The zero-order valence-electron chi connectivity index (χ0n) is 10.00. The summed E-state index contributed by atoms with van der Waals surface area (Å²) in [6, 6.07) is 0. The number of aromatic nitrogens is 4. The average Bonchev–Trinajstić information content (AvgIpc) is 2.75. The molecule has 0 saturated heterocycles. The van der Waals surface area contributed by atoms with Gasteiger partial charge in [-0.25, -0.2) is 9.97 Å². The summed E-state index contributed by atoms with van der Waals surface area (Å²) >= 11 is 4.92. The lowest BCUT2D eigenvalue weighted by molar-refractivity contribution is 0.767. The maximum Gasteiger partial charge on any atom is 0.155 e. The number of nitrogens with two attached hydrogens (primary N) is 1. The van der Waals surface area contributed by atoms with Gasteiger partial charge in [0.05, 0.1) is 6.20 Å². The van der Waals surface area contributed by atoms with Gasteiger partial charge in [0.2, 0.25) is 0 Å². The Morgan fingerprint density at radius 1 is 1.44 bits per heavy atom. The van der Waals surface area contributed by atoms with Crippen molar-refractivity contribution in [1.82, 2.24) is 19.7 Å². The molecule has 0 saturated carbocycles. The predicted molar refractivity (Wildman–Crippen MR) is 73.3 cm³/mol. The predicted octanol–water partition coefficient (Wildman–Crippen LogP) is 0.499. The van der Waals surface area contributed by atoms with Crippen LogP contribution in [0.25, 0.3) is 0 Å². The number of rotatable bonds is 5. The Morgan fingerprint density at radius 2 is 2.22 bits per heavy atom. The van der Waals surface area contributed by atoms with Gasteiger partial charge < -0.3 is 11.1 Å². The fourth-order valence-electron chi connectivity index (χ4n) is 1.57. The summed E-state index contributed by atoms with van der Waals surface area (Å²) in [5.41, 5.74) is 7.26. The summed E-state index contributed by atoms with van der Waals surface area (Å²) in [4.78, 5) is 8.52. The molecule has 18 heavy (non-hydrogen) atoms. The Kier molecular flexibility index (Phi) is 3.83. The monoisotopic (exact) mass is 262 g/mol. The van der Waals surface area contributed by atoms with Crippen LogP contribution in [0.3, 0.4) is 0 Å². The van der Waals surface area contributed by atoms with E-state index >= 15 is 0 Å². The molecule has 0 radical (unpaired) electrons. The molecule has 0 spiro atoms. The minimum absolute atomic E-state index is 0.243. The minimum atomic E-state index is 0.243. The van der Waals surface area contributed by atoms with Gasteiger partial charge in [0.25, 0.3) is 0 Å². The number of hydrogen-bond donors (Lipinski definition) is 2. The molecule has 2 heterocycles. The normalized spacial score (nSPS) is 10.3. The van der Waals surface area contributed by atoms with E-state index in [1.54, 1.807) is 17.1 Å². The van der Waals surface area contributed by atoms with Crippen LogP contribution in [0.1, 0.15) is 11.3 Å². The first-order chi connectivity index (χ1) is 8.66. The highest BCUT2D eigenvalue weighted by atomic mass is 32.1. The van der Waals surface area contributed by atoms with Crippen molar-refractivity contribution in [2.45, 2.75) is 6.42 Å². The number of nitrogens with zero attached hydrogens (tertiary/aromatic N) is 4. The van der Waals surface area contributed by atoms with Gasteiger partial charge in [-0.15, -0.1) is 0 Å². The van der Waals surface area contributed by atoms with E-state index in [2.05, 4.69) is 20.4 Å². The average molecular weight is 262 g/mol. The highest BCUT2D eigenvalue weighted by Crippen LogP contribution is 2.08. The molecule has 94 valence electrons. The van der Waals surface area contributed by atoms with E-state index in [0.29, 0.717) is 11.5 Å². The van der Waals surface area contributed by atoms with E-state index in [-0.39, 0.29) is 4.99 Å². The minimum Gasteiger partial charge on any atom is -0.388 e. The lowest BCUT2D eigenvalue weighted by Crippen LogP contribution is -2.17. The van der Waals surface area contributed by atoms with E-state index in [1.165, 1.54) is 0 Å². The van der Waals surface area contributed by atoms with E-state index in [9.17, 15) is 0 Å². The summed E-state index contributed by atoms with van der Waals surface area (Å²) in [7, 11) is 1.89. The molecule has 0 amide bonds. The van der Waals surface area contributed by atoms with Gasteiger partial charge in [-0.2, -0.15) is 5.10 Å². The van der Waals surface area contributed by atoms with E-state index in [4.69, 9.17) is 18.0 Å². The molecule has 0 atom stereocenters. The Morgan fingerprint density at radius 3 is 2.89 bits per heavy atom.